The summed E-state index contributed by atoms with van der Waals surface area (Å²) in [5, 5.41) is 24.8. The van der Waals surface area contributed by atoms with E-state index in [9.17, 15) is 14.7 Å². The van der Waals surface area contributed by atoms with E-state index in [0.29, 0.717) is 19.6 Å². The molecule has 0 saturated heterocycles. The van der Waals surface area contributed by atoms with Crippen LogP contribution in [-0.2, 0) is 29.2 Å². The number of carboxylic acids is 1. The Balaban J connectivity index is 1.45. The number of hydrogen-bond donors (Lipinski definition) is 5. The Kier molecular flexibility index (Phi) is 9.62. The highest BCUT2D eigenvalue weighted by molar-refractivity contribution is 5.90. The van der Waals surface area contributed by atoms with Crippen molar-refractivity contribution in [1.82, 2.24) is 16.1 Å². The smallest absolute Gasteiger partial charge is 0.320 e. The Morgan fingerprint density at radius 1 is 0.939 bits per heavy atom. The molecule has 3 rings (SSSR count). The highest BCUT2D eigenvalue weighted by atomic mass is 16.5. The molecule has 2 aromatic carbocycles. The minimum absolute atomic E-state index is 0.223. The Morgan fingerprint density at radius 2 is 1.61 bits per heavy atom. The Morgan fingerprint density at radius 3 is 2.27 bits per heavy atom. The molecule has 1 amide bonds. The number of aliphatic carboxylic acids is 1. The van der Waals surface area contributed by atoms with Crippen LogP contribution in [0.4, 0.5) is 0 Å². The maximum atomic E-state index is 11.7. The van der Waals surface area contributed by atoms with Crippen LogP contribution >= 0.6 is 0 Å². The molecule has 7 heteroatoms. The fourth-order valence-corrected chi connectivity index (χ4v) is 4.29. The van der Waals surface area contributed by atoms with Crippen LogP contribution < -0.4 is 16.1 Å². The first-order valence-electron chi connectivity index (χ1n) is 11.5. The van der Waals surface area contributed by atoms with Gasteiger partial charge in [0.15, 0.2) is 0 Å². The summed E-state index contributed by atoms with van der Waals surface area (Å²) in [6, 6.07) is 15.5. The zero-order chi connectivity index (χ0) is 23.5. The first-order valence-corrected chi connectivity index (χ1v) is 11.5. The van der Waals surface area contributed by atoms with Gasteiger partial charge in [-0.15, -0.1) is 0 Å². The minimum Gasteiger partial charge on any atom is -0.480 e. The molecule has 33 heavy (non-hydrogen) atoms. The number of rotatable bonds is 11. The average Bonchev–Trinajstić information content (AvgIpc) is 2.84. The van der Waals surface area contributed by atoms with Crippen molar-refractivity contribution in [3.8, 4) is 0 Å². The van der Waals surface area contributed by atoms with Crippen LogP contribution in [0.3, 0.4) is 0 Å². The molecule has 0 unspecified atom stereocenters. The van der Waals surface area contributed by atoms with Gasteiger partial charge in [0.1, 0.15) is 6.04 Å². The van der Waals surface area contributed by atoms with E-state index in [0.717, 1.165) is 47.9 Å². The van der Waals surface area contributed by atoms with Crippen molar-refractivity contribution in [1.29, 1.82) is 0 Å². The van der Waals surface area contributed by atoms with E-state index in [1.165, 1.54) is 12.5 Å². The predicted molar refractivity (Wildman–Crippen MR) is 127 cm³/mol. The maximum absolute atomic E-state index is 11.7. The van der Waals surface area contributed by atoms with Crippen LogP contribution in [0.15, 0.2) is 54.6 Å². The topological polar surface area (TPSA) is 111 Å². The van der Waals surface area contributed by atoms with Crippen LogP contribution in [0.5, 0.6) is 0 Å². The molecule has 2 aromatic rings. The second-order valence-electron chi connectivity index (χ2n) is 8.57. The van der Waals surface area contributed by atoms with Gasteiger partial charge in [0.2, 0.25) is 0 Å². The molecule has 0 aromatic heterocycles. The molecular formula is C26H33N3O4. The van der Waals surface area contributed by atoms with E-state index in [1.807, 2.05) is 36.4 Å². The number of carbonyl (C=O) groups excluding carboxylic acids is 1. The van der Waals surface area contributed by atoms with Crippen molar-refractivity contribution >= 4 is 18.0 Å². The van der Waals surface area contributed by atoms with Gasteiger partial charge in [-0.1, -0.05) is 67.8 Å². The maximum Gasteiger partial charge on any atom is 0.320 e. The molecule has 7 nitrogen and oxygen atoms in total. The summed E-state index contributed by atoms with van der Waals surface area (Å²) in [6.07, 6.45) is 8.36. The van der Waals surface area contributed by atoms with Crippen LogP contribution in [0.2, 0.25) is 0 Å². The number of carboxylic acid groups (broad SMARTS) is 1. The van der Waals surface area contributed by atoms with E-state index < -0.39 is 17.9 Å². The molecule has 5 N–H and O–H groups in total. The van der Waals surface area contributed by atoms with Crippen molar-refractivity contribution in [3.63, 3.8) is 0 Å². The summed E-state index contributed by atoms with van der Waals surface area (Å²) in [7, 11) is 0. The van der Waals surface area contributed by atoms with E-state index in [1.54, 1.807) is 11.6 Å². The lowest BCUT2D eigenvalue weighted by atomic mass is 9.84. The zero-order valence-electron chi connectivity index (χ0n) is 18.8. The molecule has 1 saturated carbocycles. The lowest BCUT2D eigenvalue weighted by molar-refractivity contribution is -0.141. The van der Waals surface area contributed by atoms with Gasteiger partial charge >= 0.3 is 5.97 Å². The second kappa shape index (κ2) is 12.9. The van der Waals surface area contributed by atoms with E-state index in [2.05, 4.69) is 22.8 Å². The lowest BCUT2D eigenvalue weighted by Gasteiger charge is -2.28. The molecule has 0 bridgehead atoms. The van der Waals surface area contributed by atoms with Gasteiger partial charge < -0.3 is 15.7 Å². The third-order valence-electron chi connectivity index (χ3n) is 6.08. The highest BCUT2D eigenvalue weighted by Crippen LogP contribution is 2.26. The summed E-state index contributed by atoms with van der Waals surface area (Å²) in [4.78, 5) is 22.8. The molecule has 1 aliphatic rings. The molecule has 0 heterocycles. The molecule has 1 fully saturated rings. The van der Waals surface area contributed by atoms with Crippen molar-refractivity contribution < 1.29 is 19.9 Å². The predicted octanol–water partition coefficient (Wildman–Crippen LogP) is 3.62. The first kappa shape index (κ1) is 24.6. The molecule has 1 atom stereocenters. The van der Waals surface area contributed by atoms with Gasteiger partial charge in [-0.05, 0) is 47.1 Å². The number of hydrogen-bond acceptors (Lipinski definition) is 5. The summed E-state index contributed by atoms with van der Waals surface area (Å²) in [5.41, 5.74) is 5.76. The summed E-state index contributed by atoms with van der Waals surface area (Å²) >= 11 is 0. The van der Waals surface area contributed by atoms with Crippen LogP contribution in [0, 0.1) is 5.92 Å². The SMILES string of the molecule is O=C(C=Cc1cccc(CNCc2ccc(CN[C@H](C(=O)O)C3CCCCC3)cc2)c1)NO. The number of hydroxylamine groups is 1. The number of carbonyl (C=O) groups is 2. The Labute approximate surface area is 194 Å². The monoisotopic (exact) mass is 451 g/mol. The quantitative estimate of drug-likeness (QED) is 0.203. The second-order valence-corrected chi connectivity index (χ2v) is 8.57. The van der Waals surface area contributed by atoms with Gasteiger partial charge in [-0.3, -0.25) is 14.8 Å². The van der Waals surface area contributed by atoms with E-state index in [-0.39, 0.29) is 5.92 Å². The van der Waals surface area contributed by atoms with Gasteiger partial charge in [0.05, 0.1) is 0 Å². The van der Waals surface area contributed by atoms with Gasteiger partial charge in [-0.25, -0.2) is 5.48 Å². The number of amides is 1. The Hall–Kier alpha value is -3.00. The third-order valence-corrected chi connectivity index (χ3v) is 6.08. The largest absolute Gasteiger partial charge is 0.480 e. The van der Waals surface area contributed by atoms with Crippen molar-refractivity contribution in [3.05, 3.63) is 76.9 Å². The fourth-order valence-electron chi connectivity index (χ4n) is 4.29. The number of nitrogens with one attached hydrogen (secondary N) is 3. The average molecular weight is 452 g/mol. The molecule has 1 aliphatic carbocycles. The normalized spacial score (nSPS) is 15.4. The van der Waals surface area contributed by atoms with Crippen LogP contribution in [0.1, 0.15) is 54.4 Å². The van der Waals surface area contributed by atoms with Gasteiger partial charge in [0, 0.05) is 25.7 Å². The van der Waals surface area contributed by atoms with Crippen LogP contribution in [0.25, 0.3) is 6.08 Å². The van der Waals surface area contributed by atoms with Crippen LogP contribution in [-0.4, -0.2) is 28.2 Å². The van der Waals surface area contributed by atoms with Crippen molar-refractivity contribution in [2.75, 3.05) is 0 Å². The Bertz CT molecular complexity index is 937. The fraction of sp³-hybridized carbons (Fsp3) is 0.385. The molecule has 0 radical (unpaired) electrons. The lowest BCUT2D eigenvalue weighted by Crippen LogP contribution is -2.43. The standard InChI is InChI=1S/C26H33N3O4/c30-24(29-33)14-13-19-5-4-6-22(15-19)17-27-16-20-9-11-21(12-10-20)18-28-25(26(31)32)23-7-2-1-3-8-23/h4-6,9-15,23,25,27-28,33H,1-3,7-8,16-18H2,(H,29,30)(H,31,32)/t25-/m0/s1. The molecular weight excluding hydrogens is 418 g/mol. The first-order chi connectivity index (χ1) is 16.0. The minimum atomic E-state index is -0.751. The van der Waals surface area contributed by atoms with Gasteiger partial charge in [-0.2, -0.15) is 0 Å². The summed E-state index contributed by atoms with van der Waals surface area (Å²) in [5.74, 6) is -1.09. The van der Waals surface area contributed by atoms with Gasteiger partial charge in [0.25, 0.3) is 5.91 Å². The zero-order valence-corrected chi connectivity index (χ0v) is 18.8. The number of benzene rings is 2. The third kappa shape index (κ3) is 8.13. The molecule has 176 valence electrons. The van der Waals surface area contributed by atoms with E-state index in [4.69, 9.17) is 5.21 Å². The van der Waals surface area contributed by atoms with E-state index >= 15 is 0 Å². The van der Waals surface area contributed by atoms with Crippen molar-refractivity contribution in [2.24, 2.45) is 5.92 Å². The molecule has 0 spiro atoms. The molecule has 0 aliphatic heterocycles. The van der Waals surface area contributed by atoms with Crippen molar-refractivity contribution in [2.45, 2.75) is 57.8 Å². The summed E-state index contributed by atoms with van der Waals surface area (Å²) < 4.78 is 0. The highest BCUT2D eigenvalue weighted by Gasteiger charge is 2.28. The summed E-state index contributed by atoms with van der Waals surface area (Å²) in [6.45, 7) is 1.94.